The fourth-order valence-electron chi connectivity index (χ4n) is 1.64. The number of hydrogen-bond acceptors (Lipinski definition) is 3. The first-order chi connectivity index (χ1) is 9.99. The fraction of sp³-hybridized carbons (Fsp3) is 0.533. The van der Waals surface area contributed by atoms with Crippen LogP contribution < -0.4 is 14.8 Å². The van der Waals surface area contributed by atoms with Gasteiger partial charge in [0.25, 0.3) is 5.91 Å². The molecule has 0 aromatic heterocycles. The van der Waals surface area contributed by atoms with Gasteiger partial charge in [-0.15, -0.1) is 23.2 Å². The molecule has 0 unspecified atom stereocenters. The molecule has 0 bridgehead atoms. The molecule has 0 radical (unpaired) electrons. The lowest BCUT2D eigenvalue weighted by Crippen LogP contribution is -2.49. The van der Waals surface area contributed by atoms with Crippen molar-refractivity contribution in [1.29, 1.82) is 0 Å². The van der Waals surface area contributed by atoms with Gasteiger partial charge in [-0.1, -0.05) is 0 Å². The van der Waals surface area contributed by atoms with E-state index < -0.39 is 5.54 Å². The predicted molar refractivity (Wildman–Crippen MR) is 86.1 cm³/mol. The largest absolute Gasteiger partial charge is 0.490 e. The summed E-state index contributed by atoms with van der Waals surface area (Å²) >= 11 is 11.7. The zero-order chi connectivity index (χ0) is 15.9. The lowest BCUT2D eigenvalue weighted by Gasteiger charge is -2.26. The summed E-state index contributed by atoms with van der Waals surface area (Å²) in [6.07, 6.45) is 0. The van der Waals surface area contributed by atoms with Gasteiger partial charge in [-0.25, -0.2) is 0 Å². The summed E-state index contributed by atoms with van der Waals surface area (Å²) in [5.74, 6) is 1.39. The van der Waals surface area contributed by atoms with Crippen molar-refractivity contribution in [3.05, 3.63) is 23.8 Å². The molecular formula is C15H21Cl2NO3. The zero-order valence-electron chi connectivity index (χ0n) is 12.5. The van der Waals surface area contributed by atoms with Crippen molar-refractivity contribution in [2.24, 2.45) is 0 Å². The third kappa shape index (κ3) is 4.97. The van der Waals surface area contributed by atoms with Crippen molar-refractivity contribution >= 4 is 29.1 Å². The molecule has 0 aliphatic heterocycles. The van der Waals surface area contributed by atoms with E-state index in [0.29, 0.717) is 30.3 Å². The van der Waals surface area contributed by atoms with Gasteiger partial charge < -0.3 is 14.8 Å². The Kier molecular flexibility index (Phi) is 7.12. The highest BCUT2D eigenvalue weighted by atomic mass is 35.5. The topological polar surface area (TPSA) is 47.6 Å². The molecule has 6 heteroatoms. The van der Waals surface area contributed by atoms with Crippen LogP contribution in [0.1, 0.15) is 31.1 Å². The molecule has 1 N–H and O–H groups in total. The maximum atomic E-state index is 12.3. The number of carbonyl (C=O) groups excluding carboxylic acids is 1. The number of hydrogen-bond donors (Lipinski definition) is 1. The van der Waals surface area contributed by atoms with E-state index in [4.69, 9.17) is 32.7 Å². The van der Waals surface area contributed by atoms with E-state index >= 15 is 0 Å². The van der Waals surface area contributed by atoms with Gasteiger partial charge in [0.05, 0.1) is 18.8 Å². The van der Waals surface area contributed by atoms with E-state index in [1.165, 1.54) is 0 Å². The number of carbonyl (C=O) groups is 1. The highest BCUT2D eigenvalue weighted by Crippen LogP contribution is 2.28. The molecule has 1 aromatic carbocycles. The summed E-state index contributed by atoms with van der Waals surface area (Å²) in [7, 11) is 0. The normalized spacial score (nSPS) is 11.1. The molecule has 0 heterocycles. The number of benzene rings is 1. The minimum Gasteiger partial charge on any atom is -0.490 e. The maximum Gasteiger partial charge on any atom is 0.251 e. The fourth-order valence-corrected chi connectivity index (χ4v) is 2.06. The van der Waals surface area contributed by atoms with Gasteiger partial charge in [-0.05, 0) is 39.0 Å². The van der Waals surface area contributed by atoms with Crippen LogP contribution in [-0.2, 0) is 0 Å². The molecule has 1 rings (SSSR count). The molecular weight excluding hydrogens is 313 g/mol. The van der Waals surface area contributed by atoms with E-state index in [-0.39, 0.29) is 17.7 Å². The molecule has 4 nitrogen and oxygen atoms in total. The average Bonchev–Trinajstić information content (AvgIpc) is 2.49. The Bertz CT molecular complexity index is 476. The van der Waals surface area contributed by atoms with Gasteiger partial charge in [-0.2, -0.15) is 0 Å². The summed E-state index contributed by atoms with van der Waals surface area (Å²) in [5.41, 5.74) is -0.173. The zero-order valence-corrected chi connectivity index (χ0v) is 14.1. The molecule has 118 valence electrons. The van der Waals surface area contributed by atoms with Crippen LogP contribution in [0.2, 0.25) is 0 Å². The summed E-state index contributed by atoms with van der Waals surface area (Å²) in [6, 6.07) is 5.07. The minimum atomic E-state index is -0.648. The molecule has 0 saturated carbocycles. The number of rotatable bonds is 8. The summed E-state index contributed by atoms with van der Waals surface area (Å²) in [4.78, 5) is 12.3. The van der Waals surface area contributed by atoms with E-state index in [9.17, 15) is 4.79 Å². The standard InChI is InChI=1S/C15H21Cl2NO3/c1-4-20-12-7-6-11(8-13(12)21-5-2)14(19)18-15(3,9-16)10-17/h6-8H,4-5,9-10H2,1-3H3,(H,18,19). The van der Waals surface area contributed by atoms with Crippen LogP contribution in [0.15, 0.2) is 18.2 Å². The Hall–Kier alpha value is -1.13. The third-order valence-electron chi connectivity index (χ3n) is 2.81. The predicted octanol–water partition coefficient (Wildman–Crippen LogP) is 3.45. The molecule has 1 aromatic rings. The van der Waals surface area contributed by atoms with E-state index in [2.05, 4.69) is 5.32 Å². The Labute approximate surface area is 135 Å². The Morgan fingerprint density at radius 3 is 2.24 bits per heavy atom. The van der Waals surface area contributed by atoms with Crippen molar-refractivity contribution in [2.75, 3.05) is 25.0 Å². The summed E-state index contributed by atoms with van der Waals surface area (Å²) in [5, 5.41) is 2.83. The van der Waals surface area contributed by atoms with Gasteiger partial charge >= 0.3 is 0 Å². The highest BCUT2D eigenvalue weighted by molar-refractivity contribution is 6.22. The highest BCUT2D eigenvalue weighted by Gasteiger charge is 2.25. The number of halogens is 2. The molecule has 0 atom stereocenters. The second kappa shape index (κ2) is 8.35. The lowest BCUT2D eigenvalue weighted by molar-refractivity contribution is 0.0921. The van der Waals surface area contributed by atoms with Gasteiger partial charge in [0.15, 0.2) is 11.5 Å². The van der Waals surface area contributed by atoms with Crippen molar-refractivity contribution in [3.63, 3.8) is 0 Å². The molecule has 0 saturated heterocycles. The van der Waals surface area contributed by atoms with Crippen LogP contribution in [0.4, 0.5) is 0 Å². The summed E-state index contributed by atoms with van der Waals surface area (Å²) in [6.45, 7) is 6.58. The van der Waals surface area contributed by atoms with E-state index in [0.717, 1.165) is 0 Å². The van der Waals surface area contributed by atoms with Crippen LogP contribution in [0.5, 0.6) is 11.5 Å². The van der Waals surface area contributed by atoms with Crippen LogP contribution >= 0.6 is 23.2 Å². The Morgan fingerprint density at radius 2 is 1.71 bits per heavy atom. The van der Waals surface area contributed by atoms with Crippen LogP contribution in [0, 0.1) is 0 Å². The first-order valence-electron chi connectivity index (χ1n) is 6.83. The molecule has 1 amide bonds. The Balaban J connectivity index is 2.97. The second-order valence-electron chi connectivity index (χ2n) is 4.81. The summed E-state index contributed by atoms with van der Waals surface area (Å²) < 4.78 is 11.0. The number of nitrogens with one attached hydrogen (secondary N) is 1. The number of alkyl halides is 2. The lowest BCUT2D eigenvalue weighted by atomic mass is 10.1. The number of amides is 1. The van der Waals surface area contributed by atoms with Gasteiger partial charge in [0.1, 0.15) is 0 Å². The van der Waals surface area contributed by atoms with E-state index in [1.807, 2.05) is 13.8 Å². The van der Waals surface area contributed by atoms with Crippen LogP contribution in [0.3, 0.4) is 0 Å². The minimum absolute atomic E-state index is 0.234. The molecule has 0 spiro atoms. The van der Waals surface area contributed by atoms with Crippen LogP contribution in [0.25, 0.3) is 0 Å². The van der Waals surface area contributed by atoms with Gasteiger partial charge in [0, 0.05) is 17.3 Å². The van der Waals surface area contributed by atoms with Gasteiger partial charge in [-0.3, -0.25) is 4.79 Å². The van der Waals surface area contributed by atoms with Crippen LogP contribution in [-0.4, -0.2) is 36.4 Å². The van der Waals surface area contributed by atoms with Gasteiger partial charge in [0.2, 0.25) is 0 Å². The first kappa shape index (κ1) is 17.9. The third-order valence-corrected chi connectivity index (χ3v) is 3.99. The monoisotopic (exact) mass is 333 g/mol. The van der Waals surface area contributed by atoms with Crippen molar-refractivity contribution in [3.8, 4) is 11.5 Å². The maximum absolute atomic E-state index is 12.3. The Morgan fingerprint density at radius 1 is 1.14 bits per heavy atom. The molecule has 0 aliphatic carbocycles. The molecule has 21 heavy (non-hydrogen) atoms. The van der Waals surface area contributed by atoms with Crippen molar-refractivity contribution in [2.45, 2.75) is 26.3 Å². The molecule has 0 aliphatic rings. The number of ether oxygens (including phenoxy) is 2. The second-order valence-corrected chi connectivity index (χ2v) is 5.34. The SMILES string of the molecule is CCOc1ccc(C(=O)NC(C)(CCl)CCl)cc1OCC. The van der Waals surface area contributed by atoms with Crippen molar-refractivity contribution in [1.82, 2.24) is 5.32 Å². The van der Waals surface area contributed by atoms with Crippen molar-refractivity contribution < 1.29 is 14.3 Å². The molecule has 0 fully saturated rings. The smallest absolute Gasteiger partial charge is 0.251 e. The van der Waals surface area contributed by atoms with E-state index in [1.54, 1.807) is 25.1 Å². The quantitative estimate of drug-likeness (QED) is 0.741. The first-order valence-corrected chi connectivity index (χ1v) is 7.90. The average molecular weight is 334 g/mol.